The van der Waals surface area contributed by atoms with Crippen LogP contribution in [0.5, 0.6) is 0 Å². The Labute approximate surface area is 134 Å². The Bertz CT molecular complexity index is 696. The van der Waals surface area contributed by atoms with Gasteiger partial charge in [-0.3, -0.25) is 14.3 Å². The molecule has 3 rings (SSSR count). The summed E-state index contributed by atoms with van der Waals surface area (Å²) in [6.45, 7) is 1.19. The molecule has 2 aromatic heterocycles. The van der Waals surface area contributed by atoms with Crippen molar-refractivity contribution in [2.45, 2.75) is 12.8 Å². The molecule has 1 N–H and O–H groups in total. The Morgan fingerprint density at radius 2 is 1.87 bits per heavy atom. The van der Waals surface area contributed by atoms with Crippen LogP contribution in [0.3, 0.4) is 0 Å². The molecule has 0 atom stereocenters. The van der Waals surface area contributed by atoms with Crippen molar-refractivity contribution in [1.29, 1.82) is 0 Å². The molecule has 3 heterocycles. The topological polar surface area (TPSA) is 72.2 Å². The van der Waals surface area contributed by atoms with Gasteiger partial charge < -0.3 is 14.8 Å². The minimum Gasteiger partial charge on any atom is -0.359 e. The van der Waals surface area contributed by atoms with E-state index in [-0.39, 0.29) is 17.7 Å². The second-order valence-electron chi connectivity index (χ2n) is 5.78. The lowest BCUT2D eigenvalue weighted by atomic mass is 9.95. The zero-order chi connectivity index (χ0) is 16.4. The number of piperidine rings is 1. The predicted octanol–water partition coefficient (Wildman–Crippen LogP) is 0.809. The first kappa shape index (κ1) is 15.3. The van der Waals surface area contributed by atoms with Crippen LogP contribution < -0.4 is 5.32 Å². The van der Waals surface area contributed by atoms with E-state index in [1.54, 1.807) is 17.9 Å². The van der Waals surface area contributed by atoms with Gasteiger partial charge in [0, 0.05) is 45.5 Å². The quantitative estimate of drug-likeness (QED) is 0.911. The highest BCUT2D eigenvalue weighted by molar-refractivity contribution is 5.97. The average molecular weight is 315 g/mol. The van der Waals surface area contributed by atoms with E-state index in [4.69, 9.17) is 0 Å². The van der Waals surface area contributed by atoms with Crippen LogP contribution in [0, 0.1) is 5.92 Å². The Morgan fingerprint density at radius 1 is 1.22 bits per heavy atom. The van der Waals surface area contributed by atoms with Crippen molar-refractivity contribution in [2.24, 2.45) is 13.0 Å². The van der Waals surface area contributed by atoms with Crippen LogP contribution in [0.15, 0.2) is 30.7 Å². The molecule has 7 nitrogen and oxygen atoms in total. The standard InChI is InChI=1S/C16H21N5O2/c1-17-14(22)12-5-9-21(10-6-12)16(23)13-11-18-19(2)15(13)20-7-3-4-8-20/h3-4,7-8,11-12H,5-6,9-10H2,1-2H3,(H,17,22). The van der Waals surface area contributed by atoms with Crippen molar-refractivity contribution in [3.8, 4) is 5.82 Å². The number of carbonyl (C=O) groups excluding carboxylic acids is 2. The predicted molar refractivity (Wildman–Crippen MR) is 85.2 cm³/mol. The number of nitrogens with one attached hydrogen (secondary N) is 1. The largest absolute Gasteiger partial charge is 0.359 e. The maximum atomic E-state index is 12.8. The van der Waals surface area contributed by atoms with E-state index in [2.05, 4.69) is 10.4 Å². The van der Waals surface area contributed by atoms with Crippen molar-refractivity contribution in [3.63, 3.8) is 0 Å². The van der Waals surface area contributed by atoms with Gasteiger partial charge in [-0.1, -0.05) is 0 Å². The van der Waals surface area contributed by atoms with Gasteiger partial charge >= 0.3 is 0 Å². The summed E-state index contributed by atoms with van der Waals surface area (Å²) in [5.74, 6) is 0.791. The molecule has 2 aromatic rings. The van der Waals surface area contributed by atoms with Gasteiger partial charge in [-0.2, -0.15) is 5.10 Å². The first-order valence-corrected chi connectivity index (χ1v) is 7.78. The number of likely N-dealkylation sites (tertiary alicyclic amines) is 1. The fourth-order valence-corrected chi connectivity index (χ4v) is 3.08. The fraction of sp³-hybridized carbons (Fsp3) is 0.438. The van der Waals surface area contributed by atoms with Crippen LogP contribution in [0.4, 0.5) is 0 Å². The van der Waals surface area contributed by atoms with Crippen molar-refractivity contribution in [3.05, 3.63) is 36.3 Å². The normalized spacial score (nSPS) is 15.7. The summed E-state index contributed by atoms with van der Waals surface area (Å²) in [6.07, 6.45) is 6.80. The summed E-state index contributed by atoms with van der Waals surface area (Å²) in [6, 6.07) is 3.83. The summed E-state index contributed by atoms with van der Waals surface area (Å²) in [5.41, 5.74) is 0.585. The van der Waals surface area contributed by atoms with Gasteiger partial charge in [0.05, 0.1) is 6.20 Å². The minimum absolute atomic E-state index is 0.00173. The molecule has 0 unspecified atom stereocenters. The number of carbonyl (C=O) groups is 2. The van der Waals surface area contributed by atoms with Gasteiger partial charge in [0.25, 0.3) is 5.91 Å². The lowest BCUT2D eigenvalue weighted by molar-refractivity contribution is -0.125. The number of aryl methyl sites for hydroxylation is 1. The van der Waals surface area contributed by atoms with E-state index in [9.17, 15) is 9.59 Å². The third kappa shape index (κ3) is 2.86. The maximum Gasteiger partial charge on any atom is 0.259 e. The van der Waals surface area contributed by atoms with E-state index in [0.717, 1.165) is 5.82 Å². The summed E-state index contributed by atoms with van der Waals surface area (Å²) in [4.78, 5) is 26.3. The number of amides is 2. The number of nitrogens with zero attached hydrogens (tertiary/aromatic N) is 4. The summed E-state index contributed by atoms with van der Waals surface area (Å²) in [5, 5.41) is 6.91. The van der Waals surface area contributed by atoms with E-state index in [1.165, 1.54) is 0 Å². The van der Waals surface area contributed by atoms with Crippen molar-refractivity contribution >= 4 is 11.8 Å². The first-order chi connectivity index (χ1) is 11.1. The monoisotopic (exact) mass is 315 g/mol. The third-order valence-electron chi connectivity index (χ3n) is 4.39. The van der Waals surface area contributed by atoms with Gasteiger partial charge in [-0.05, 0) is 25.0 Å². The first-order valence-electron chi connectivity index (χ1n) is 7.78. The Balaban J connectivity index is 1.77. The molecule has 2 amide bonds. The van der Waals surface area contributed by atoms with Crippen molar-refractivity contribution < 1.29 is 9.59 Å². The SMILES string of the molecule is CNC(=O)C1CCN(C(=O)c2cnn(C)c2-n2cccc2)CC1. The second kappa shape index (κ2) is 6.28. The van der Waals surface area contributed by atoms with E-state index >= 15 is 0 Å². The smallest absolute Gasteiger partial charge is 0.259 e. The zero-order valence-electron chi connectivity index (χ0n) is 13.4. The van der Waals surface area contributed by atoms with Gasteiger partial charge in [0.2, 0.25) is 5.91 Å². The number of aromatic nitrogens is 3. The molecule has 1 aliphatic heterocycles. The lowest BCUT2D eigenvalue weighted by Gasteiger charge is -2.31. The molecule has 0 aromatic carbocycles. The molecule has 0 bridgehead atoms. The van der Waals surface area contributed by atoms with Gasteiger partial charge in [-0.25, -0.2) is 0 Å². The molecule has 0 spiro atoms. The molecule has 0 aliphatic carbocycles. The van der Waals surface area contributed by atoms with Gasteiger partial charge in [0.1, 0.15) is 11.4 Å². The lowest BCUT2D eigenvalue weighted by Crippen LogP contribution is -2.42. The van der Waals surface area contributed by atoms with Crippen LogP contribution in [0.2, 0.25) is 0 Å². The highest BCUT2D eigenvalue weighted by Gasteiger charge is 2.29. The minimum atomic E-state index is -0.0304. The zero-order valence-corrected chi connectivity index (χ0v) is 13.4. The number of rotatable bonds is 3. The van der Waals surface area contributed by atoms with E-state index in [1.807, 2.05) is 41.0 Å². The molecule has 0 radical (unpaired) electrons. The molecule has 1 saturated heterocycles. The average Bonchev–Trinajstić information content (AvgIpc) is 3.22. The van der Waals surface area contributed by atoms with Crippen LogP contribution in [-0.4, -0.2) is 51.2 Å². The van der Waals surface area contributed by atoms with Gasteiger partial charge in [-0.15, -0.1) is 0 Å². The van der Waals surface area contributed by atoms with E-state index in [0.29, 0.717) is 31.5 Å². The molecular weight excluding hydrogens is 294 g/mol. The number of hydrogen-bond donors (Lipinski definition) is 1. The molecular formula is C16H21N5O2. The molecule has 7 heteroatoms. The van der Waals surface area contributed by atoms with Crippen LogP contribution >= 0.6 is 0 Å². The van der Waals surface area contributed by atoms with Crippen LogP contribution in [0.25, 0.3) is 5.82 Å². The van der Waals surface area contributed by atoms with Crippen LogP contribution in [0.1, 0.15) is 23.2 Å². The van der Waals surface area contributed by atoms with Gasteiger partial charge in [0.15, 0.2) is 0 Å². The molecule has 122 valence electrons. The Hall–Kier alpha value is -2.57. The summed E-state index contributed by atoms with van der Waals surface area (Å²) >= 11 is 0. The molecule has 1 fully saturated rings. The highest BCUT2D eigenvalue weighted by atomic mass is 16.2. The van der Waals surface area contributed by atoms with Crippen molar-refractivity contribution in [1.82, 2.24) is 24.6 Å². The highest BCUT2D eigenvalue weighted by Crippen LogP contribution is 2.22. The summed E-state index contributed by atoms with van der Waals surface area (Å²) in [7, 11) is 3.47. The Morgan fingerprint density at radius 3 is 2.48 bits per heavy atom. The molecule has 1 aliphatic rings. The maximum absolute atomic E-state index is 12.8. The van der Waals surface area contributed by atoms with E-state index < -0.39 is 0 Å². The summed E-state index contributed by atoms with van der Waals surface area (Å²) < 4.78 is 3.59. The second-order valence-corrected chi connectivity index (χ2v) is 5.78. The Kier molecular flexibility index (Phi) is 4.18. The van der Waals surface area contributed by atoms with Crippen LogP contribution in [-0.2, 0) is 11.8 Å². The van der Waals surface area contributed by atoms with Crippen molar-refractivity contribution in [2.75, 3.05) is 20.1 Å². The third-order valence-corrected chi connectivity index (χ3v) is 4.39. The fourth-order valence-electron chi connectivity index (χ4n) is 3.08. The number of hydrogen-bond acceptors (Lipinski definition) is 3. The molecule has 0 saturated carbocycles. The molecule has 23 heavy (non-hydrogen) atoms.